The first kappa shape index (κ1) is 14.6. The van der Waals surface area contributed by atoms with Crippen LogP contribution in [0, 0.1) is 0 Å². The van der Waals surface area contributed by atoms with Gasteiger partial charge in [-0.15, -0.1) is 0 Å². The maximum atomic E-state index is 6.37. The van der Waals surface area contributed by atoms with Crippen molar-refractivity contribution in [3.05, 3.63) is 22.8 Å². The fourth-order valence-corrected chi connectivity index (χ4v) is 2.45. The van der Waals surface area contributed by atoms with Crippen LogP contribution in [0.5, 0.6) is 0 Å². The number of nitrogens with zero attached hydrogens (tertiary/aromatic N) is 3. The van der Waals surface area contributed by atoms with Crippen molar-refractivity contribution in [1.29, 1.82) is 0 Å². The Balaban J connectivity index is 2.02. The standard InChI is InChI=1S/C14H23ClN4/c1-11(2)16-9-12-8-13(15)14(17-10-12)19-6-4-18(3)5-7-19/h8,10-11,16H,4-7,9H2,1-3H3. The highest BCUT2D eigenvalue weighted by molar-refractivity contribution is 6.33. The van der Waals surface area contributed by atoms with Crippen molar-refractivity contribution in [2.45, 2.75) is 26.4 Å². The van der Waals surface area contributed by atoms with Crippen molar-refractivity contribution in [3.8, 4) is 0 Å². The van der Waals surface area contributed by atoms with E-state index < -0.39 is 0 Å². The number of hydrogen-bond acceptors (Lipinski definition) is 4. The van der Waals surface area contributed by atoms with Crippen molar-refractivity contribution >= 4 is 17.4 Å². The summed E-state index contributed by atoms with van der Waals surface area (Å²) < 4.78 is 0. The Morgan fingerprint density at radius 3 is 2.58 bits per heavy atom. The lowest BCUT2D eigenvalue weighted by atomic mass is 10.2. The normalized spacial score (nSPS) is 17.2. The van der Waals surface area contributed by atoms with Gasteiger partial charge in [-0.1, -0.05) is 25.4 Å². The fourth-order valence-electron chi connectivity index (χ4n) is 2.14. The Morgan fingerprint density at radius 2 is 2.00 bits per heavy atom. The van der Waals surface area contributed by atoms with E-state index in [0.717, 1.165) is 49.1 Å². The molecular formula is C14H23ClN4. The predicted molar refractivity (Wildman–Crippen MR) is 80.9 cm³/mol. The van der Waals surface area contributed by atoms with E-state index in [1.54, 1.807) is 0 Å². The second kappa shape index (κ2) is 6.55. The molecule has 1 aliphatic heterocycles. The van der Waals surface area contributed by atoms with Gasteiger partial charge in [-0.2, -0.15) is 0 Å². The number of piperazine rings is 1. The molecule has 0 aromatic carbocycles. The number of rotatable bonds is 4. The summed E-state index contributed by atoms with van der Waals surface area (Å²) in [5.74, 6) is 0.920. The lowest BCUT2D eigenvalue weighted by molar-refractivity contribution is 0.312. The SMILES string of the molecule is CC(C)NCc1cnc(N2CCN(C)CC2)c(Cl)c1. The molecule has 1 N–H and O–H groups in total. The Hall–Kier alpha value is -0.840. The van der Waals surface area contributed by atoms with Crippen molar-refractivity contribution in [2.75, 3.05) is 38.1 Å². The number of anilines is 1. The Bertz CT molecular complexity index is 414. The molecule has 2 rings (SSSR count). The fraction of sp³-hybridized carbons (Fsp3) is 0.643. The summed E-state index contributed by atoms with van der Waals surface area (Å²) in [6, 6.07) is 2.49. The molecule has 2 heterocycles. The summed E-state index contributed by atoms with van der Waals surface area (Å²) in [6.07, 6.45) is 1.93. The van der Waals surface area contributed by atoms with Crippen LogP contribution in [0.25, 0.3) is 0 Å². The highest BCUT2D eigenvalue weighted by Crippen LogP contribution is 2.24. The second-order valence-corrected chi connectivity index (χ2v) is 5.88. The molecule has 1 aliphatic rings. The Labute approximate surface area is 120 Å². The van der Waals surface area contributed by atoms with Crippen LogP contribution >= 0.6 is 11.6 Å². The smallest absolute Gasteiger partial charge is 0.147 e. The Morgan fingerprint density at radius 1 is 1.32 bits per heavy atom. The van der Waals surface area contributed by atoms with Gasteiger partial charge in [-0.3, -0.25) is 0 Å². The van der Waals surface area contributed by atoms with Crippen LogP contribution in [-0.2, 0) is 6.54 Å². The molecule has 0 bridgehead atoms. The molecular weight excluding hydrogens is 260 g/mol. The summed E-state index contributed by atoms with van der Waals surface area (Å²) in [5.41, 5.74) is 1.14. The molecule has 4 nitrogen and oxygen atoms in total. The average molecular weight is 283 g/mol. The third kappa shape index (κ3) is 4.06. The van der Waals surface area contributed by atoms with E-state index >= 15 is 0 Å². The molecule has 0 radical (unpaired) electrons. The van der Waals surface area contributed by atoms with Gasteiger partial charge in [-0.25, -0.2) is 4.98 Å². The van der Waals surface area contributed by atoms with E-state index in [4.69, 9.17) is 11.6 Å². The van der Waals surface area contributed by atoms with Gasteiger partial charge in [0.1, 0.15) is 5.82 Å². The number of pyridine rings is 1. The van der Waals surface area contributed by atoms with E-state index in [1.807, 2.05) is 12.3 Å². The van der Waals surface area contributed by atoms with Crippen LogP contribution in [-0.4, -0.2) is 49.2 Å². The lowest BCUT2D eigenvalue weighted by Gasteiger charge is -2.33. The number of aromatic nitrogens is 1. The highest BCUT2D eigenvalue weighted by atomic mass is 35.5. The second-order valence-electron chi connectivity index (χ2n) is 5.47. The molecule has 0 aliphatic carbocycles. The first-order valence-electron chi connectivity index (χ1n) is 6.87. The topological polar surface area (TPSA) is 31.4 Å². The van der Waals surface area contributed by atoms with Gasteiger partial charge in [-0.05, 0) is 18.7 Å². The zero-order chi connectivity index (χ0) is 13.8. The number of nitrogens with one attached hydrogen (secondary N) is 1. The quantitative estimate of drug-likeness (QED) is 0.915. The van der Waals surface area contributed by atoms with Crippen molar-refractivity contribution in [3.63, 3.8) is 0 Å². The molecule has 5 heteroatoms. The first-order valence-corrected chi connectivity index (χ1v) is 7.25. The zero-order valence-electron chi connectivity index (χ0n) is 12.0. The molecule has 0 amide bonds. The van der Waals surface area contributed by atoms with Gasteiger partial charge in [0, 0.05) is 45.0 Å². The van der Waals surface area contributed by atoms with E-state index in [-0.39, 0.29) is 0 Å². The number of hydrogen-bond donors (Lipinski definition) is 1. The molecule has 1 fully saturated rings. The van der Waals surface area contributed by atoms with Gasteiger partial charge < -0.3 is 15.1 Å². The predicted octanol–water partition coefficient (Wildman–Crippen LogP) is 1.98. The minimum absolute atomic E-state index is 0.469. The summed E-state index contributed by atoms with van der Waals surface area (Å²) in [4.78, 5) is 9.13. The van der Waals surface area contributed by atoms with Crippen molar-refractivity contribution in [2.24, 2.45) is 0 Å². The molecule has 0 spiro atoms. The number of halogens is 1. The Kier molecular flexibility index (Phi) is 5.02. The van der Waals surface area contributed by atoms with Crippen LogP contribution in [0.2, 0.25) is 5.02 Å². The molecule has 1 aromatic rings. The summed E-state index contributed by atoms with van der Waals surface area (Å²) in [5, 5.41) is 4.13. The third-order valence-electron chi connectivity index (χ3n) is 3.40. The van der Waals surface area contributed by atoms with Gasteiger partial charge in [0.2, 0.25) is 0 Å². The molecule has 106 valence electrons. The number of likely N-dealkylation sites (N-methyl/N-ethyl adjacent to an activating group) is 1. The van der Waals surface area contributed by atoms with Gasteiger partial charge in [0.25, 0.3) is 0 Å². The average Bonchev–Trinajstić information content (AvgIpc) is 2.38. The van der Waals surface area contributed by atoms with Crippen molar-refractivity contribution in [1.82, 2.24) is 15.2 Å². The summed E-state index contributed by atoms with van der Waals surface area (Å²) in [6.45, 7) is 9.19. The first-order chi connectivity index (χ1) is 9.06. The van der Waals surface area contributed by atoms with Crippen LogP contribution < -0.4 is 10.2 Å². The molecule has 1 saturated heterocycles. The van der Waals surface area contributed by atoms with E-state index in [2.05, 4.69) is 41.0 Å². The largest absolute Gasteiger partial charge is 0.353 e. The highest BCUT2D eigenvalue weighted by Gasteiger charge is 2.17. The molecule has 0 atom stereocenters. The summed E-state index contributed by atoms with van der Waals surface area (Å²) in [7, 11) is 2.15. The van der Waals surface area contributed by atoms with Gasteiger partial charge >= 0.3 is 0 Å². The van der Waals surface area contributed by atoms with Crippen LogP contribution in [0.15, 0.2) is 12.3 Å². The third-order valence-corrected chi connectivity index (χ3v) is 3.67. The van der Waals surface area contributed by atoms with E-state index in [9.17, 15) is 0 Å². The zero-order valence-corrected chi connectivity index (χ0v) is 12.7. The van der Waals surface area contributed by atoms with Gasteiger partial charge in [0.15, 0.2) is 0 Å². The molecule has 19 heavy (non-hydrogen) atoms. The van der Waals surface area contributed by atoms with Gasteiger partial charge in [0.05, 0.1) is 5.02 Å². The summed E-state index contributed by atoms with van der Waals surface area (Å²) >= 11 is 6.37. The molecule has 1 aromatic heterocycles. The minimum atomic E-state index is 0.469. The van der Waals surface area contributed by atoms with E-state index in [0.29, 0.717) is 6.04 Å². The van der Waals surface area contributed by atoms with Crippen LogP contribution in [0.4, 0.5) is 5.82 Å². The van der Waals surface area contributed by atoms with Crippen LogP contribution in [0.1, 0.15) is 19.4 Å². The molecule has 0 unspecified atom stereocenters. The van der Waals surface area contributed by atoms with E-state index in [1.165, 1.54) is 0 Å². The monoisotopic (exact) mass is 282 g/mol. The maximum Gasteiger partial charge on any atom is 0.147 e. The molecule has 0 saturated carbocycles. The maximum absolute atomic E-state index is 6.37. The lowest BCUT2D eigenvalue weighted by Crippen LogP contribution is -2.44. The minimum Gasteiger partial charge on any atom is -0.353 e. The van der Waals surface area contributed by atoms with Crippen molar-refractivity contribution < 1.29 is 0 Å². The van der Waals surface area contributed by atoms with Crippen LogP contribution in [0.3, 0.4) is 0 Å².